The van der Waals surface area contributed by atoms with Crippen molar-refractivity contribution in [2.75, 3.05) is 5.43 Å². The number of pyridine rings is 1. The molecule has 0 unspecified atom stereocenters. The summed E-state index contributed by atoms with van der Waals surface area (Å²) in [7, 11) is 0. The van der Waals surface area contributed by atoms with Crippen molar-refractivity contribution in [2.45, 2.75) is 0 Å². The van der Waals surface area contributed by atoms with Gasteiger partial charge in [0, 0.05) is 18.0 Å². The molecule has 0 radical (unpaired) electrons. The maximum atomic E-state index is 10.1. The van der Waals surface area contributed by atoms with E-state index in [-0.39, 0.29) is 0 Å². The summed E-state index contributed by atoms with van der Waals surface area (Å²) in [4.78, 5) is 4.21. The lowest BCUT2D eigenvalue weighted by Gasteiger charge is -2.24. The van der Waals surface area contributed by atoms with E-state index in [0.717, 1.165) is 77.0 Å². The Kier molecular flexibility index (Phi) is 8.94. The summed E-state index contributed by atoms with van der Waals surface area (Å²) in [6.45, 7) is 0. The standard InChI is InChI=1S/C57H38N4/c58-57-51(56-49-28-13-11-26-47(49)54(39-18-5-2-6-19-39)48-27-12-14-29-50(48)56)35-41(36-52(57)61-60-42-21-15-20-40(34-42)37-30-32-59-33-31-37)55-45-24-9-7-22-43(45)53(38-16-3-1-4-17-38)44-23-8-10-25-46(44)55/h1-36,58,60H/b58-57?,61-52-. The lowest BCUT2D eigenvalue weighted by molar-refractivity contribution is 1.32. The largest absolute Gasteiger partial charge is 0.298 e. The molecule has 0 saturated carbocycles. The summed E-state index contributed by atoms with van der Waals surface area (Å²) in [5.41, 5.74) is 15.9. The van der Waals surface area contributed by atoms with Gasteiger partial charge in [0.2, 0.25) is 0 Å². The molecule has 1 aliphatic carbocycles. The summed E-state index contributed by atoms with van der Waals surface area (Å²) in [6.07, 6.45) is 7.93. The van der Waals surface area contributed by atoms with Crippen LogP contribution in [0.15, 0.2) is 224 Å². The van der Waals surface area contributed by atoms with Crippen LogP contribution in [0.4, 0.5) is 5.69 Å². The molecule has 4 nitrogen and oxygen atoms in total. The summed E-state index contributed by atoms with van der Waals surface area (Å²) in [5.74, 6) is 0. The molecule has 4 heteroatoms. The van der Waals surface area contributed by atoms with Crippen LogP contribution < -0.4 is 5.43 Å². The van der Waals surface area contributed by atoms with Gasteiger partial charge in [0.05, 0.1) is 11.4 Å². The Hall–Kier alpha value is -8.21. The van der Waals surface area contributed by atoms with E-state index in [1.54, 1.807) is 12.4 Å². The first-order valence-corrected chi connectivity index (χ1v) is 20.6. The van der Waals surface area contributed by atoms with Crippen molar-refractivity contribution >= 4 is 71.3 Å². The Morgan fingerprint density at radius 1 is 0.377 bits per heavy atom. The van der Waals surface area contributed by atoms with E-state index in [2.05, 4.69) is 192 Å². The molecule has 9 aromatic carbocycles. The number of aromatic nitrogens is 1. The average molecular weight is 779 g/mol. The second-order valence-corrected chi connectivity index (χ2v) is 15.4. The third-order valence-corrected chi connectivity index (χ3v) is 11.8. The first-order valence-electron chi connectivity index (χ1n) is 20.6. The van der Waals surface area contributed by atoms with Gasteiger partial charge in [-0.2, -0.15) is 5.10 Å². The van der Waals surface area contributed by atoms with Crippen molar-refractivity contribution in [2.24, 2.45) is 5.10 Å². The molecule has 0 bridgehead atoms. The van der Waals surface area contributed by atoms with Gasteiger partial charge in [-0.1, -0.05) is 170 Å². The molecule has 286 valence electrons. The van der Waals surface area contributed by atoms with Gasteiger partial charge in [0.1, 0.15) is 5.71 Å². The minimum absolute atomic E-state index is 0.346. The number of nitrogens with one attached hydrogen (secondary N) is 2. The predicted molar refractivity (Wildman–Crippen MR) is 258 cm³/mol. The molecule has 0 fully saturated rings. The minimum atomic E-state index is 0.346. The number of nitrogens with zero attached hydrogens (tertiary/aromatic N) is 2. The van der Waals surface area contributed by atoms with E-state index in [0.29, 0.717) is 11.4 Å². The Morgan fingerprint density at radius 2 is 0.803 bits per heavy atom. The monoisotopic (exact) mass is 778 g/mol. The highest BCUT2D eigenvalue weighted by Gasteiger charge is 2.27. The first-order chi connectivity index (χ1) is 30.2. The third-order valence-electron chi connectivity index (χ3n) is 11.8. The summed E-state index contributed by atoms with van der Waals surface area (Å²) < 4.78 is 0. The quantitative estimate of drug-likeness (QED) is 0.0961. The number of hydrazone groups is 1. The molecular weight excluding hydrogens is 741 g/mol. The van der Waals surface area contributed by atoms with Gasteiger partial charge in [-0.15, -0.1) is 0 Å². The van der Waals surface area contributed by atoms with E-state index in [9.17, 15) is 5.41 Å². The zero-order chi connectivity index (χ0) is 40.7. The van der Waals surface area contributed by atoms with Gasteiger partial charge in [0.15, 0.2) is 0 Å². The van der Waals surface area contributed by atoms with E-state index >= 15 is 0 Å². The molecule has 11 rings (SSSR count). The van der Waals surface area contributed by atoms with Crippen LogP contribution in [0.3, 0.4) is 0 Å². The highest BCUT2D eigenvalue weighted by Crippen LogP contribution is 2.46. The summed E-state index contributed by atoms with van der Waals surface area (Å²) in [6, 6.07) is 68.2. The zero-order valence-electron chi connectivity index (χ0n) is 33.2. The fraction of sp³-hybridized carbons (Fsp3) is 0. The van der Waals surface area contributed by atoms with Gasteiger partial charge in [-0.3, -0.25) is 15.8 Å². The predicted octanol–water partition coefficient (Wildman–Crippen LogP) is 14.7. The van der Waals surface area contributed by atoms with Gasteiger partial charge >= 0.3 is 0 Å². The van der Waals surface area contributed by atoms with Crippen LogP contribution in [0.5, 0.6) is 0 Å². The van der Waals surface area contributed by atoms with Gasteiger partial charge < -0.3 is 0 Å². The topological polar surface area (TPSA) is 61.1 Å². The molecule has 0 amide bonds. The van der Waals surface area contributed by atoms with Crippen molar-refractivity contribution in [3.63, 3.8) is 0 Å². The molecule has 0 aliphatic heterocycles. The lowest BCUT2D eigenvalue weighted by Crippen LogP contribution is -2.19. The zero-order valence-corrected chi connectivity index (χ0v) is 33.2. The van der Waals surface area contributed by atoms with Crippen LogP contribution in [0.2, 0.25) is 0 Å². The van der Waals surface area contributed by atoms with Crippen LogP contribution in [0, 0.1) is 5.41 Å². The number of hydrogen-bond acceptors (Lipinski definition) is 4. The Balaban J connectivity index is 1.19. The second-order valence-electron chi connectivity index (χ2n) is 15.4. The van der Waals surface area contributed by atoms with Crippen molar-refractivity contribution in [3.8, 4) is 33.4 Å². The number of benzene rings is 9. The van der Waals surface area contributed by atoms with Crippen LogP contribution in [0.25, 0.3) is 87.6 Å². The number of allylic oxidation sites excluding steroid dienone is 4. The first kappa shape index (κ1) is 35.9. The average Bonchev–Trinajstić information content (AvgIpc) is 3.33. The van der Waals surface area contributed by atoms with E-state index in [4.69, 9.17) is 5.10 Å². The maximum Gasteiger partial charge on any atom is 0.109 e. The van der Waals surface area contributed by atoms with Crippen LogP contribution in [-0.2, 0) is 0 Å². The Morgan fingerprint density at radius 3 is 1.30 bits per heavy atom. The lowest BCUT2D eigenvalue weighted by atomic mass is 9.79. The molecule has 2 N–H and O–H groups in total. The second kappa shape index (κ2) is 15.2. The van der Waals surface area contributed by atoms with E-state index in [1.165, 1.54) is 27.5 Å². The molecule has 0 saturated heterocycles. The Bertz CT molecular complexity index is 3320. The smallest absolute Gasteiger partial charge is 0.109 e. The number of rotatable bonds is 7. The van der Waals surface area contributed by atoms with Gasteiger partial charge in [-0.25, -0.2) is 0 Å². The molecule has 0 spiro atoms. The highest BCUT2D eigenvalue weighted by molar-refractivity contribution is 6.63. The van der Waals surface area contributed by atoms with Crippen LogP contribution in [0.1, 0.15) is 11.1 Å². The van der Waals surface area contributed by atoms with Gasteiger partial charge in [0.25, 0.3) is 0 Å². The third kappa shape index (κ3) is 6.30. The number of anilines is 1. The summed E-state index contributed by atoms with van der Waals surface area (Å²) >= 11 is 0. The highest BCUT2D eigenvalue weighted by atomic mass is 15.3. The summed E-state index contributed by atoms with van der Waals surface area (Å²) in [5, 5.41) is 24.2. The Labute approximate surface area is 354 Å². The molecular formula is C57H38N4. The normalized spacial score (nSPS) is 13.5. The number of fused-ring (bicyclic) bond motifs is 4. The molecule has 1 aliphatic rings. The molecule has 0 atom stereocenters. The fourth-order valence-electron chi connectivity index (χ4n) is 9.18. The molecule has 10 aromatic rings. The van der Waals surface area contributed by atoms with Gasteiger partial charge in [-0.05, 0) is 130 Å². The van der Waals surface area contributed by atoms with Crippen molar-refractivity contribution in [3.05, 3.63) is 230 Å². The minimum Gasteiger partial charge on any atom is -0.298 e. The van der Waals surface area contributed by atoms with Crippen molar-refractivity contribution < 1.29 is 0 Å². The maximum absolute atomic E-state index is 10.1. The fourth-order valence-corrected chi connectivity index (χ4v) is 9.18. The molecule has 1 aromatic heterocycles. The van der Waals surface area contributed by atoms with Crippen molar-refractivity contribution in [1.82, 2.24) is 4.98 Å². The van der Waals surface area contributed by atoms with Crippen LogP contribution >= 0.6 is 0 Å². The molecule has 61 heavy (non-hydrogen) atoms. The van der Waals surface area contributed by atoms with E-state index < -0.39 is 0 Å². The van der Waals surface area contributed by atoms with Crippen molar-refractivity contribution in [1.29, 1.82) is 5.41 Å². The SMILES string of the molecule is N=C1C(c2c3ccccc3c(-c3ccccc3)c3ccccc23)=CC(c2c3ccccc3c(-c3ccccc3)c3ccccc23)=C/C1=N/Nc1cccc(-c2ccncc2)c1. The van der Waals surface area contributed by atoms with E-state index in [1.807, 2.05) is 24.3 Å². The molecule has 1 heterocycles. The number of hydrogen-bond donors (Lipinski definition) is 2. The van der Waals surface area contributed by atoms with Crippen LogP contribution in [-0.4, -0.2) is 16.4 Å².